The Kier molecular flexibility index (Phi) is 9.02. The van der Waals surface area contributed by atoms with Crippen molar-refractivity contribution in [2.45, 2.75) is 192 Å². The quantitative estimate of drug-likeness (QED) is 0.179. The monoisotopic (exact) mass is 793 g/mol. The Morgan fingerprint density at radius 2 is 1.55 bits per heavy atom. The molecule has 1 heterocycles. The van der Waals surface area contributed by atoms with Crippen molar-refractivity contribution in [2.24, 2.45) is 63.1 Å². The molecule has 0 unspecified atom stereocenters. The first-order valence-electron chi connectivity index (χ1n) is 24.3. The van der Waals surface area contributed by atoms with Gasteiger partial charge < -0.3 is 25.0 Å². The molecule has 11 rings (SSSR count). The van der Waals surface area contributed by atoms with E-state index in [4.69, 9.17) is 0 Å². The van der Waals surface area contributed by atoms with Crippen LogP contribution < -0.4 is 0 Å². The molecule has 0 bridgehead atoms. The summed E-state index contributed by atoms with van der Waals surface area (Å²) in [5.74, 6) is 1.13. The highest BCUT2D eigenvalue weighted by molar-refractivity contribution is 5.95. The Morgan fingerprint density at radius 3 is 2.34 bits per heavy atom. The molecule has 7 saturated carbocycles. The fraction of sp³-hybridized carbons (Fsp3) is 0.804. The van der Waals surface area contributed by atoms with Gasteiger partial charge >= 0.3 is 0 Å². The molecule has 316 valence electrons. The Labute approximate surface area is 347 Å². The summed E-state index contributed by atoms with van der Waals surface area (Å²) in [6.45, 7) is 7.10. The number of hydrogen-bond donors (Lipinski definition) is 4. The van der Waals surface area contributed by atoms with Gasteiger partial charge in [0.25, 0.3) is 0 Å². The fourth-order valence-corrected chi connectivity index (χ4v) is 18.2. The van der Waals surface area contributed by atoms with Gasteiger partial charge in [-0.05, 0) is 167 Å². The van der Waals surface area contributed by atoms with E-state index in [2.05, 4.69) is 36.5 Å². The maximum absolute atomic E-state index is 14.0. The number of carbonyl (C=O) groups excluding carboxylic acids is 1. The van der Waals surface area contributed by atoms with Crippen molar-refractivity contribution < 1.29 is 25.2 Å². The third-order valence-corrected chi connectivity index (χ3v) is 20.7. The molecule has 7 nitrogen and oxygen atoms in total. The fourth-order valence-electron chi connectivity index (χ4n) is 18.2. The van der Waals surface area contributed by atoms with Crippen LogP contribution in [0.3, 0.4) is 0 Å². The first-order chi connectivity index (χ1) is 27.8. The van der Waals surface area contributed by atoms with Gasteiger partial charge in [0.15, 0.2) is 5.78 Å². The van der Waals surface area contributed by atoms with Crippen LogP contribution in [0, 0.1) is 63.1 Å². The number of aliphatic hydroxyl groups excluding tert-OH is 3. The van der Waals surface area contributed by atoms with Crippen molar-refractivity contribution in [3.63, 3.8) is 0 Å². The minimum absolute atomic E-state index is 0.0000126. The van der Waals surface area contributed by atoms with Crippen molar-refractivity contribution in [3.05, 3.63) is 52.7 Å². The first-order valence-corrected chi connectivity index (χ1v) is 24.3. The van der Waals surface area contributed by atoms with Crippen molar-refractivity contribution in [3.8, 4) is 0 Å². The zero-order valence-electron chi connectivity index (χ0n) is 35.8. The number of imidazole rings is 1. The molecule has 0 amide bonds. The Morgan fingerprint density at radius 1 is 0.776 bits per heavy atom. The second-order valence-electron chi connectivity index (χ2n) is 23.1. The van der Waals surface area contributed by atoms with E-state index in [0.717, 1.165) is 37.7 Å². The zero-order valence-corrected chi connectivity index (χ0v) is 35.8. The van der Waals surface area contributed by atoms with E-state index >= 15 is 0 Å². The summed E-state index contributed by atoms with van der Waals surface area (Å²) >= 11 is 0. The SMILES string of the molecule is C[C@@]1(C2=C3CCCC4(CCCC4)[C@H]3C3=C4[C@H](CCC3)C[C@@H]([C@H]3CC[C@@]5(O)C6=CC(=O)[C@@H]7C[C@@H](O)[C@@H](O)C[C@]7(C)[C@H]6CC[C@]35C)[C@H](O)[C@H]42)CCCC[C@@H](n2ccnc2)C1. The van der Waals surface area contributed by atoms with Crippen molar-refractivity contribution in [2.75, 3.05) is 0 Å². The lowest BCUT2D eigenvalue weighted by atomic mass is 9.44. The van der Waals surface area contributed by atoms with Crippen LogP contribution >= 0.6 is 0 Å². The topological polar surface area (TPSA) is 116 Å². The molecule has 1 aromatic rings. The van der Waals surface area contributed by atoms with Crippen molar-refractivity contribution in [1.29, 1.82) is 0 Å². The molecule has 7 fully saturated rings. The minimum Gasteiger partial charge on any atom is -0.392 e. The minimum atomic E-state index is -1.11. The molecular formula is C51H72N2O5. The highest BCUT2D eigenvalue weighted by Crippen LogP contribution is 2.72. The van der Waals surface area contributed by atoms with Crippen LogP contribution in [0.5, 0.6) is 0 Å². The molecule has 15 atom stereocenters. The molecule has 58 heavy (non-hydrogen) atoms. The van der Waals surface area contributed by atoms with E-state index in [1.165, 1.54) is 89.9 Å². The van der Waals surface area contributed by atoms with E-state index < -0.39 is 34.7 Å². The van der Waals surface area contributed by atoms with Gasteiger partial charge in [-0.25, -0.2) is 4.98 Å². The summed E-state index contributed by atoms with van der Waals surface area (Å²) in [7, 11) is 0. The number of aliphatic hydroxyl groups is 4. The zero-order chi connectivity index (χ0) is 40.0. The number of fused-ring (bicyclic) bond motifs is 8. The smallest absolute Gasteiger partial charge is 0.159 e. The van der Waals surface area contributed by atoms with Gasteiger partial charge in [0.1, 0.15) is 0 Å². The molecule has 0 aliphatic heterocycles. The van der Waals surface area contributed by atoms with Gasteiger partial charge in [-0.2, -0.15) is 0 Å². The van der Waals surface area contributed by atoms with Crippen LogP contribution in [0.4, 0.5) is 0 Å². The van der Waals surface area contributed by atoms with Crippen LogP contribution in [-0.4, -0.2) is 59.7 Å². The summed E-state index contributed by atoms with van der Waals surface area (Å²) in [6.07, 6.45) is 29.7. The molecule has 1 spiro atoms. The normalized spacial score (nSPS) is 49.7. The number of ketones is 1. The Bertz CT molecular complexity index is 1920. The van der Waals surface area contributed by atoms with Crippen LogP contribution in [0.2, 0.25) is 0 Å². The second-order valence-corrected chi connectivity index (χ2v) is 23.1. The van der Waals surface area contributed by atoms with Crippen molar-refractivity contribution in [1.82, 2.24) is 9.55 Å². The van der Waals surface area contributed by atoms with E-state index in [0.29, 0.717) is 42.6 Å². The summed E-state index contributed by atoms with van der Waals surface area (Å²) in [4.78, 5) is 18.5. The molecular weight excluding hydrogens is 721 g/mol. The highest BCUT2D eigenvalue weighted by Gasteiger charge is 2.69. The number of aromatic nitrogens is 2. The number of carbonyl (C=O) groups is 1. The predicted molar refractivity (Wildman–Crippen MR) is 224 cm³/mol. The van der Waals surface area contributed by atoms with Gasteiger partial charge in [-0.3, -0.25) is 4.79 Å². The molecule has 7 heteroatoms. The molecule has 0 saturated heterocycles. The molecule has 10 aliphatic rings. The maximum Gasteiger partial charge on any atom is 0.159 e. The van der Waals surface area contributed by atoms with E-state index in [1.807, 2.05) is 18.6 Å². The summed E-state index contributed by atoms with van der Waals surface area (Å²) < 4.78 is 2.39. The van der Waals surface area contributed by atoms with Gasteiger partial charge in [0, 0.05) is 41.6 Å². The van der Waals surface area contributed by atoms with Crippen LogP contribution in [0.15, 0.2) is 52.7 Å². The van der Waals surface area contributed by atoms with Gasteiger partial charge in [0.05, 0.1) is 30.2 Å². The van der Waals surface area contributed by atoms with Gasteiger partial charge in [0.2, 0.25) is 0 Å². The number of nitrogens with zero attached hydrogens (tertiary/aromatic N) is 2. The Hall–Kier alpha value is -2.06. The summed E-state index contributed by atoms with van der Waals surface area (Å²) in [5.41, 5.74) is 6.21. The average molecular weight is 793 g/mol. The van der Waals surface area contributed by atoms with Crippen LogP contribution in [0.1, 0.15) is 168 Å². The highest BCUT2D eigenvalue weighted by atomic mass is 16.3. The molecule has 0 radical (unpaired) electrons. The van der Waals surface area contributed by atoms with Crippen LogP contribution in [0.25, 0.3) is 0 Å². The van der Waals surface area contributed by atoms with Gasteiger partial charge in [-0.15, -0.1) is 0 Å². The number of allylic oxidation sites excluding steroid dienone is 3. The molecule has 10 aliphatic carbocycles. The van der Waals surface area contributed by atoms with Gasteiger partial charge in [-0.1, -0.05) is 68.7 Å². The third-order valence-electron chi connectivity index (χ3n) is 20.7. The first kappa shape index (κ1) is 38.8. The lowest BCUT2D eigenvalue weighted by Gasteiger charge is -2.62. The largest absolute Gasteiger partial charge is 0.392 e. The summed E-state index contributed by atoms with van der Waals surface area (Å²) in [6, 6.07) is 0.417. The summed E-state index contributed by atoms with van der Waals surface area (Å²) in [5, 5.41) is 48.4. The van der Waals surface area contributed by atoms with E-state index in [1.54, 1.807) is 22.3 Å². The molecule has 0 aromatic carbocycles. The van der Waals surface area contributed by atoms with Crippen molar-refractivity contribution >= 4 is 5.78 Å². The second kappa shape index (κ2) is 13.5. The third kappa shape index (κ3) is 5.23. The molecule has 4 N–H and O–H groups in total. The lowest BCUT2D eigenvalue weighted by molar-refractivity contribution is -0.156. The van der Waals surface area contributed by atoms with E-state index in [9.17, 15) is 25.2 Å². The molecule has 1 aromatic heterocycles. The average Bonchev–Trinajstić information content (AvgIpc) is 3.93. The van der Waals surface area contributed by atoms with Crippen LogP contribution in [-0.2, 0) is 4.79 Å². The predicted octanol–water partition coefficient (Wildman–Crippen LogP) is 9.36. The lowest BCUT2D eigenvalue weighted by Crippen LogP contribution is -2.61. The standard InChI is InChI=1S/C51H72N2O5/c1-47(16-5-4-11-31(27-47)53-23-22-52-29-53)45-33-13-9-19-50(17-6-7-18-50)44(33)32-12-8-10-30-24-34(46(57)43(45)42(30)32)35-15-21-51(58)37-25-39(54)38-26-40(55)41(56)28-48(38,2)36(37)14-20-49(35,51)3/h22-23,25,29-31,34-36,38,40-41,43-44,46,55-58H,4-21,24,26-28H2,1-3H3/t30-,31-,34+,35-,36+,38+,40-,41+,43-,44+,46+,47-,48-,49-,51-/m1/s1. The maximum atomic E-state index is 14.0. The number of rotatable bonds is 3. The Balaban J connectivity index is 1.01. The van der Waals surface area contributed by atoms with E-state index in [-0.39, 0.29) is 40.8 Å². The number of hydrogen-bond acceptors (Lipinski definition) is 6.